The molecule has 7 heteroatoms. The predicted molar refractivity (Wildman–Crippen MR) is 222 cm³/mol. The Morgan fingerprint density at radius 1 is 0.704 bits per heavy atom. The minimum Gasteiger partial charge on any atom is -0.507 e. The van der Waals surface area contributed by atoms with Crippen molar-refractivity contribution in [1.29, 1.82) is 0 Å². The molecule has 304 valence electrons. The van der Waals surface area contributed by atoms with Gasteiger partial charge in [0.2, 0.25) is 0 Å². The molecule has 1 saturated heterocycles. The van der Waals surface area contributed by atoms with E-state index >= 15 is 0 Å². The fourth-order valence-corrected chi connectivity index (χ4v) is 8.10. The first-order chi connectivity index (χ1) is 24.4. The van der Waals surface area contributed by atoms with Gasteiger partial charge in [-0.3, -0.25) is 14.5 Å². The summed E-state index contributed by atoms with van der Waals surface area (Å²) in [5.74, 6) is 0.136. The molecule has 0 saturated carbocycles. The maximum absolute atomic E-state index is 13.3. The highest BCUT2D eigenvalue weighted by atomic mass is 16.5. The highest BCUT2D eigenvalue weighted by molar-refractivity contribution is 5.71. The van der Waals surface area contributed by atoms with Crippen molar-refractivity contribution in [3.05, 3.63) is 57.6 Å². The average Bonchev–Trinajstić information content (AvgIpc) is 2.98. The summed E-state index contributed by atoms with van der Waals surface area (Å²) in [6, 6.07) is 8.21. The van der Waals surface area contributed by atoms with Crippen LogP contribution in [0.1, 0.15) is 183 Å². The molecule has 1 unspecified atom stereocenters. The highest BCUT2D eigenvalue weighted by Crippen LogP contribution is 2.42. The van der Waals surface area contributed by atoms with Crippen molar-refractivity contribution in [2.24, 2.45) is 0 Å². The van der Waals surface area contributed by atoms with Gasteiger partial charge in [-0.15, -0.1) is 0 Å². The quantitative estimate of drug-likeness (QED) is 0.221. The van der Waals surface area contributed by atoms with Gasteiger partial charge in [-0.1, -0.05) is 114 Å². The summed E-state index contributed by atoms with van der Waals surface area (Å²) < 4.78 is 12.3. The van der Waals surface area contributed by atoms with Crippen molar-refractivity contribution in [3.8, 4) is 11.5 Å². The SMILES string of the molecule is CCC(CN1C(C)(C)CC(OC(=O)CCc2cc(C(C)(C)C)cc(C(C)(C)C)c2O)CC1(C)C)OC(=O)CCc1cc(C(C)(C)C)c(O)c(C(C)(C)C)c1. The van der Waals surface area contributed by atoms with Gasteiger partial charge in [0.1, 0.15) is 23.7 Å². The van der Waals surface area contributed by atoms with Crippen LogP contribution < -0.4 is 0 Å². The second-order valence-electron chi connectivity index (χ2n) is 21.3. The largest absolute Gasteiger partial charge is 0.507 e. The predicted octanol–water partition coefficient (Wildman–Crippen LogP) is 10.7. The molecule has 0 spiro atoms. The van der Waals surface area contributed by atoms with Crippen LogP contribution in [-0.4, -0.2) is 56.9 Å². The molecule has 3 rings (SSSR count). The van der Waals surface area contributed by atoms with E-state index in [0.29, 0.717) is 44.4 Å². The molecule has 1 aliphatic rings. The number of aryl methyl sites for hydroxylation is 2. The highest BCUT2D eigenvalue weighted by Gasteiger charge is 2.47. The lowest BCUT2D eigenvalue weighted by Crippen LogP contribution is -2.64. The minimum atomic E-state index is -0.313. The van der Waals surface area contributed by atoms with Gasteiger partial charge in [0.25, 0.3) is 0 Å². The number of rotatable bonds is 11. The summed E-state index contributed by atoms with van der Waals surface area (Å²) in [5.41, 5.74) is 4.20. The zero-order valence-corrected chi connectivity index (χ0v) is 37.1. The molecule has 1 aliphatic heterocycles. The lowest BCUT2D eigenvalue weighted by Gasteiger charge is -2.55. The van der Waals surface area contributed by atoms with E-state index in [2.05, 4.69) is 129 Å². The smallest absolute Gasteiger partial charge is 0.306 e. The van der Waals surface area contributed by atoms with Crippen molar-refractivity contribution in [1.82, 2.24) is 4.90 Å². The molecule has 54 heavy (non-hydrogen) atoms. The Morgan fingerprint density at radius 2 is 1.17 bits per heavy atom. The fourth-order valence-electron chi connectivity index (χ4n) is 8.10. The van der Waals surface area contributed by atoms with Gasteiger partial charge in [0.05, 0.1) is 0 Å². The molecule has 2 aromatic rings. The van der Waals surface area contributed by atoms with E-state index in [9.17, 15) is 19.8 Å². The van der Waals surface area contributed by atoms with Crippen molar-refractivity contribution in [2.75, 3.05) is 6.54 Å². The van der Waals surface area contributed by atoms with Gasteiger partial charge in [0, 0.05) is 43.3 Å². The Bertz CT molecular complexity index is 1590. The lowest BCUT2D eigenvalue weighted by molar-refractivity contribution is -0.167. The van der Waals surface area contributed by atoms with Gasteiger partial charge < -0.3 is 19.7 Å². The second-order valence-corrected chi connectivity index (χ2v) is 21.3. The van der Waals surface area contributed by atoms with Crippen LogP contribution in [0.25, 0.3) is 0 Å². The van der Waals surface area contributed by atoms with Crippen LogP contribution in [0, 0.1) is 0 Å². The van der Waals surface area contributed by atoms with Crippen LogP contribution in [0.3, 0.4) is 0 Å². The standard InChI is InChI=1S/C47H75NO6/c1-18-33(53-38(49)21-19-30-23-35(43(5,6)7)41(52)36(24-30)44(8,9)10)29-48-46(14,15)27-34(28-47(48,16)17)54-39(50)22-20-31-25-32(42(2,3)4)26-37(40(31)51)45(11,12)13/h23-26,33-34,51-52H,18-22,27-29H2,1-17H3. The Hall–Kier alpha value is -3.06. The number of hydrogen-bond donors (Lipinski definition) is 2. The first-order valence-corrected chi connectivity index (χ1v) is 20.3. The van der Waals surface area contributed by atoms with Crippen molar-refractivity contribution in [3.63, 3.8) is 0 Å². The molecular weight excluding hydrogens is 675 g/mol. The molecule has 1 atom stereocenters. The number of esters is 2. The van der Waals surface area contributed by atoms with E-state index in [1.807, 2.05) is 18.2 Å². The molecule has 0 aliphatic carbocycles. The third-order valence-electron chi connectivity index (χ3n) is 11.2. The fraction of sp³-hybridized carbons (Fsp3) is 0.702. The van der Waals surface area contributed by atoms with Gasteiger partial charge in [-0.25, -0.2) is 0 Å². The average molecular weight is 750 g/mol. The third kappa shape index (κ3) is 11.5. The normalized spacial score (nSPS) is 17.6. The van der Waals surface area contributed by atoms with Gasteiger partial charge in [-0.2, -0.15) is 0 Å². The Labute approximate surface area is 328 Å². The topological polar surface area (TPSA) is 96.3 Å². The number of phenols is 2. The summed E-state index contributed by atoms with van der Waals surface area (Å²) in [7, 11) is 0. The van der Waals surface area contributed by atoms with Crippen molar-refractivity contribution >= 4 is 11.9 Å². The zero-order chi connectivity index (χ0) is 41.4. The van der Waals surface area contributed by atoms with Crippen LogP contribution in [0.4, 0.5) is 0 Å². The minimum absolute atomic E-state index is 0.0933. The number of carbonyl (C=O) groups is 2. The number of likely N-dealkylation sites (tertiary alicyclic amines) is 1. The first kappa shape index (κ1) is 45.3. The number of piperidine rings is 1. The molecule has 0 aromatic heterocycles. The summed E-state index contributed by atoms with van der Waals surface area (Å²) in [5, 5.41) is 22.3. The van der Waals surface area contributed by atoms with E-state index in [4.69, 9.17) is 9.47 Å². The van der Waals surface area contributed by atoms with Crippen LogP contribution in [0.15, 0.2) is 24.3 Å². The van der Waals surface area contributed by atoms with Gasteiger partial charge in [0.15, 0.2) is 0 Å². The van der Waals surface area contributed by atoms with Crippen LogP contribution >= 0.6 is 0 Å². The van der Waals surface area contributed by atoms with Crippen LogP contribution in [0.5, 0.6) is 11.5 Å². The number of nitrogens with zero attached hydrogens (tertiary/aromatic N) is 1. The number of benzene rings is 2. The third-order valence-corrected chi connectivity index (χ3v) is 11.2. The molecule has 1 heterocycles. The number of ether oxygens (including phenoxy) is 2. The van der Waals surface area contributed by atoms with Crippen LogP contribution in [-0.2, 0) is 53.6 Å². The molecule has 0 radical (unpaired) electrons. The molecule has 2 N–H and O–H groups in total. The maximum Gasteiger partial charge on any atom is 0.306 e. The lowest BCUT2D eigenvalue weighted by atomic mass is 9.77. The molecular formula is C47H75NO6. The maximum atomic E-state index is 13.3. The van der Waals surface area contributed by atoms with E-state index in [1.165, 1.54) is 0 Å². The van der Waals surface area contributed by atoms with Gasteiger partial charge in [-0.05, 0) is 102 Å². The Balaban J connectivity index is 1.66. The monoisotopic (exact) mass is 750 g/mol. The summed E-state index contributed by atoms with van der Waals surface area (Å²) in [6.45, 7) is 36.7. The summed E-state index contributed by atoms with van der Waals surface area (Å²) in [4.78, 5) is 29.1. The second kappa shape index (κ2) is 16.2. The molecule has 0 bridgehead atoms. The van der Waals surface area contributed by atoms with E-state index < -0.39 is 0 Å². The number of aromatic hydroxyl groups is 2. The Morgan fingerprint density at radius 3 is 1.61 bits per heavy atom. The van der Waals surface area contributed by atoms with E-state index in [1.54, 1.807) is 0 Å². The van der Waals surface area contributed by atoms with Crippen molar-refractivity contribution < 1.29 is 29.3 Å². The molecule has 1 fully saturated rings. The van der Waals surface area contributed by atoms with Gasteiger partial charge >= 0.3 is 11.9 Å². The summed E-state index contributed by atoms with van der Waals surface area (Å²) >= 11 is 0. The summed E-state index contributed by atoms with van der Waals surface area (Å²) in [6.07, 6.45) is 2.89. The number of carbonyl (C=O) groups excluding carboxylic acids is 2. The van der Waals surface area contributed by atoms with Crippen molar-refractivity contribution in [2.45, 2.75) is 208 Å². The molecule has 7 nitrogen and oxygen atoms in total. The molecule has 0 amide bonds. The van der Waals surface area contributed by atoms with E-state index in [-0.39, 0.29) is 75.5 Å². The van der Waals surface area contributed by atoms with Crippen LogP contribution in [0.2, 0.25) is 0 Å². The molecule has 2 aromatic carbocycles. The number of hydrogen-bond acceptors (Lipinski definition) is 7. The zero-order valence-electron chi connectivity index (χ0n) is 37.1. The Kier molecular flexibility index (Phi) is 13.6. The van der Waals surface area contributed by atoms with E-state index in [0.717, 1.165) is 33.4 Å². The first-order valence-electron chi connectivity index (χ1n) is 20.3. The number of phenolic OH excluding ortho intramolecular Hbond substituents is 2.